The van der Waals surface area contributed by atoms with Crippen LogP contribution in [0.15, 0.2) is 0 Å². The average Bonchev–Trinajstić information content (AvgIpc) is 2.41. The van der Waals surface area contributed by atoms with Crippen LogP contribution in [0.2, 0.25) is 0 Å². The highest BCUT2D eigenvalue weighted by Crippen LogP contribution is 2.33. The van der Waals surface area contributed by atoms with Crippen LogP contribution >= 0.6 is 0 Å². The zero-order valence-electron chi connectivity index (χ0n) is 8.25. The van der Waals surface area contributed by atoms with E-state index in [0.717, 1.165) is 0 Å². The van der Waals surface area contributed by atoms with Crippen molar-refractivity contribution in [2.45, 2.75) is 32.1 Å². The molecule has 1 unspecified atom stereocenters. The number of nitrogens with zero attached hydrogens (tertiary/aromatic N) is 1. The predicted molar refractivity (Wildman–Crippen MR) is 48.3 cm³/mol. The van der Waals surface area contributed by atoms with Crippen molar-refractivity contribution in [3.63, 3.8) is 0 Å². The van der Waals surface area contributed by atoms with Gasteiger partial charge in [-0.1, -0.05) is 6.92 Å². The molecule has 1 saturated carbocycles. The largest absolute Gasteiger partial charge is 0.339 e. The fourth-order valence-corrected chi connectivity index (χ4v) is 2.12. The lowest BCUT2D eigenvalue weighted by Gasteiger charge is -2.31. The van der Waals surface area contributed by atoms with Gasteiger partial charge in [0.05, 0.1) is 6.54 Å². The van der Waals surface area contributed by atoms with E-state index < -0.39 is 12.3 Å². The number of likely N-dealkylation sites (tertiary alicyclic amines) is 1. The molecule has 2 fully saturated rings. The SMILES string of the molecule is CC1CN(C(=O)C2CC(F)C2)C[C@@H]1F. The number of hydrogen-bond acceptors (Lipinski definition) is 1. The van der Waals surface area contributed by atoms with E-state index in [9.17, 15) is 13.6 Å². The first-order chi connectivity index (χ1) is 6.58. The van der Waals surface area contributed by atoms with Gasteiger partial charge in [0.25, 0.3) is 0 Å². The van der Waals surface area contributed by atoms with Gasteiger partial charge in [0.15, 0.2) is 0 Å². The van der Waals surface area contributed by atoms with Gasteiger partial charge in [-0.05, 0) is 12.8 Å². The van der Waals surface area contributed by atoms with Crippen LogP contribution in [0.1, 0.15) is 19.8 Å². The molecule has 1 aliphatic heterocycles. The van der Waals surface area contributed by atoms with Crippen LogP contribution in [-0.4, -0.2) is 36.2 Å². The van der Waals surface area contributed by atoms with Crippen molar-refractivity contribution in [3.05, 3.63) is 0 Å². The van der Waals surface area contributed by atoms with Crippen molar-refractivity contribution in [1.29, 1.82) is 0 Å². The van der Waals surface area contributed by atoms with Gasteiger partial charge in [-0.15, -0.1) is 0 Å². The molecule has 1 saturated heterocycles. The smallest absolute Gasteiger partial charge is 0.226 e. The average molecular weight is 203 g/mol. The van der Waals surface area contributed by atoms with Crippen LogP contribution in [0, 0.1) is 11.8 Å². The maximum Gasteiger partial charge on any atom is 0.226 e. The molecule has 0 aromatic carbocycles. The Kier molecular flexibility index (Phi) is 2.45. The van der Waals surface area contributed by atoms with Crippen molar-refractivity contribution < 1.29 is 13.6 Å². The summed E-state index contributed by atoms with van der Waals surface area (Å²) in [6, 6.07) is 0. The lowest BCUT2D eigenvalue weighted by molar-refractivity contribution is -0.139. The summed E-state index contributed by atoms with van der Waals surface area (Å²) < 4.78 is 25.6. The molecule has 2 atom stereocenters. The summed E-state index contributed by atoms with van der Waals surface area (Å²) in [5.41, 5.74) is 0. The Bertz CT molecular complexity index is 230. The van der Waals surface area contributed by atoms with Gasteiger partial charge in [-0.3, -0.25) is 4.79 Å². The molecule has 0 N–H and O–H groups in total. The van der Waals surface area contributed by atoms with E-state index in [4.69, 9.17) is 0 Å². The van der Waals surface area contributed by atoms with Crippen LogP contribution in [0.25, 0.3) is 0 Å². The molecule has 0 aromatic rings. The fourth-order valence-electron chi connectivity index (χ4n) is 2.12. The van der Waals surface area contributed by atoms with Crippen molar-refractivity contribution >= 4 is 5.91 Å². The molecule has 2 rings (SSSR count). The molecule has 1 heterocycles. The number of hydrogen-bond donors (Lipinski definition) is 0. The summed E-state index contributed by atoms with van der Waals surface area (Å²) in [6.07, 6.45) is -1.05. The molecule has 1 amide bonds. The van der Waals surface area contributed by atoms with Gasteiger partial charge < -0.3 is 4.90 Å². The highest BCUT2D eigenvalue weighted by molar-refractivity contribution is 5.80. The van der Waals surface area contributed by atoms with E-state index in [0.29, 0.717) is 19.4 Å². The third-order valence-corrected chi connectivity index (χ3v) is 3.26. The van der Waals surface area contributed by atoms with E-state index in [2.05, 4.69) is 0 Å². The van der Waals surface area contributed by atoms with Crippen LogP contribution in [-0.2, 0) is 4.79 Å². The third kappa shape index (κ3) is 1.62. The summed E-state index contributed by atoms with van der Waals surface area (Å²) in [7, 11) is 0. The van der Waals surface area contributed by atoms with Gasteiger partial charge in [-0.2, -0.15) is 0 Å². The zero-order chi connectivity index (χ0) is 10.3. The first-order valence-corrected chi connectivity index (χ1v) is 5.15. The van der Waals surface area contributed by atoms with E-state index in [1.807, 2.05) is 0 Å². The quantitative estimate of drug-likeness (QED) is 0.633. The van der Waals surface area contributed by atoms with Crippen molar-refractivity contribution in [3.8, 4) is 0 Å². The maximum absolute atomic E-state index is 13.1. The number of alkyl halides is 2. The third-order valence-electron chi connectivity index (χ3n) is 3.26. The molecule has 0 aromatic heterocycles. The molecule has 2 nitrogen and oxygen atoms in total. The standard InChI is InChI=1S/C10H15F2NO/c1-6-4-13(5-9(6)12)10(14)7-2-8(11)3-7/h6-9H,2-5H2,1H3/t6?,7?,8?,9-/m0/s1. The number of rotatable bonds is 1. The van der Waals surface area contributed by atoms with Crippen molar-refractivity contribution in [2.75, 3.05) is 13.1 Å². The normalized spacial score (nSPS) is 42.4. The van der Waals surface area contributed by atoms with Gasteiger partial charge >= 0.3 is 0 Å². The van der Waals surface area contributed by atoms with Crippen LogP contribution < -0.4 is 0 Å². The molecular formula is C10H15F2NO. The van der Waals surface area contributed by atoms with E-state index in [1.165, 1.54) is 0 Å². The minimum atomic E-state index is -0.903. The zero-order valence-corrected chi connectivity index (χ0v) is 8.25. The summed E-state index contributed by atoms with van der Waals surface area (Å²) in [6.45, 7) is 2.50. The minimum absolute atomic E-state index is 0.0501. The number of carbonyl (C=O) groups is 1. The number of amides is 1. The maximum atomic E-state index is 13.1. The first kappa shape index (κ1) is 9.87. The molecule has 4 heteroatoms. The minimum Gasteiger partial charge on any atom is -0.339 e. The number of halogens is 2. The number of carbonyl (C=O) groups excluding carboxylic acids is 1. The molecule has 14 heavy (non-hydrogen) atoms. The Balaban J connectivity index is 1.87. The van der Waals surface area contributed by atoms with Gasteiger partial charge in [0.2, 0.25) is 5.91 Å². The van der Waals surface area contributed by atoms with E-state index >= 15 is 0 Å². The molecule has 1 aliphatic carbocycles. The van der Waals surface area contributed by atoms with Crippen LogP contribution in [0.4, 0.5) is 8.78 Å². The van der Waals surface area contributed by atoms with E-state index in [1.54, 1.807) is 11.8 Å². The lowest BCUT2D eigenvalue weighted by Crippen LogP contribution is -2.41. The first-order valence-electron chi connectivity index (χ1n) is 5.15. The highest BCUT2D eigenvalue weighted by atomic mass is 19.1. The molecular weight excluding hydrogens is 188 g/mol. The topological polar surface area (TPSA) is 20.3 Å². The van der Waals surface area contributed by atoms with Crippen LogP contribution in [0.5, 0.6) is 0 Å². The Morgan fingerprint density at radius 3 is 2.36 bits per heavy atom. The fraction of sp³-hybridized carbons (Fsp3) is 0.900. The van der Waals surface area contributed by atoms with Crippen molar-refractivity contribution in [1.82, 2.24) is 4.90 Å². The summed E-state index contributed by atoms with van der Waals surface area (Å²) in [5.74, 6) is -0.298. The summed E-state index contributed by atoms with van der Waals surface area (Å²) >= 11 is 0. The van der Waals surface area contributed by atoms with Gasteiger partial charge in [0, 0.05) is 18.4 Å². The Morgan fingerprint density at radius 2 is 1.93 bits per heavy atom. The molecule has 2 aliphatic rings. The molecule has 0 spiro atoms. The Labute approximate surface area is 82.3 Å². The van der Waals surface area contributed by atoms with Crippen molar-refractivity contribution in [2.24, 2.45) is 11.8 Å². The second-order valence-corrected chi connectivity index (χ2v) is 4.50. The molecule has 0 bridgehead atoms. The van der Waals surface area contributed by atoms with E-state index in [-0.39, 0.29) is 24.3 Å². The second-order valence-electron chi connectivity index (χ2n) is 4.50. The monoisotopic (exact) mass is 203 g/mol. The molecule has 80 valence electrons. The predicted octanol–water partition coefficient (Wildman–Crippen LogP) is 1.55. The lowest BCUT2D eigenvalue weighted by atomic mass is 9.82. The van der Waals surface area contributed by atoms with Gasteiger partial charge in [0.1, 0.15) is 12.3 Å². The highest BCUT2D eigenvalue weighted by Gasteiger charge is 2.40. The Morgan fingerprint density at radius 1 is 1.29 bits per heavy atom. The second kappa shape index (κ2) is 3.48. The summed E-state index contributed by atoms with van der Waals surface area (Å²) in [4.78, 5) is 13.2. The molecule has 0 radical (unpaired) electrons. The van der Waals surface area contributed by atoms with Crippen LogP contribution in [0.3, 0.4) is 0 Å². The Hall–Kier alpha value is -0.670. The summed E-state index contributed by atoms with van der Waals surface area (Å²) in [5, 5.41) is 0. The van der Waals surface area contributed by atoms with Gasteiger partial charge in [-0.25, -0.2) is 8.78 Å².